The molecule has 0 spiro atoms. The van der Waals surface area contributed by atoms with Gasteiger partial charge in [0.25, 0.3) is 0 Å². The van der Waals surface area contributed by atoms with Gasteiger partial charge in [-0.1, -0.05) is 22.9 Å². The van der Waals surface area contributed by atoms with E-state index >= 15 is 0 Å². The number of ether oxygens (including phenoxy) is 1. The van der Waals surface area contributed by atoms with Crippen LogP contribution in [0.2, 0.25) is 0 Å². The molecule has 0 aliphatic heterocycles. The minimum Gasteiger partial charge on any atom is -0.385 e. The molecule has 0 aromatic heterocycles. The lowest BCUT2D eigenvalue weighted by molar-refractivity contribution is 0.189. The summed E-state index contributed by atoms with van der Waals surface area (Å²) in [5.41, 5.74) is 1.01. The summed E-state index contributed by atoms with van der Waals surface area (Å²) < 4.78 is 18.8. The zero-order valence-corrected chi connectivity index (χ0v) is 9.97. The molecule has 1 unspecified atom stereocenters. The zero-order valence-electron chi connectivity index (χ0n) is 8.39. The van der Waals surface area contributed by atoms with Gasteiger partial charge in [-0.15, -0.1) is 0 Å². The molecule has 0 radical (unpaired) electrons. The first-order valence-electron chi connectivity index (χ1n) is 4.58. The number of methoxy groups -OCH3 is 1. The van der Waals surface area contributed by atoms with Crippen molar-refractivity contribution >= 4 is 15.9 Å². The number of hydrogen-bond donors (Lipinski definition) is 0. The second kappa shape index (κ2) is 5.47. The Bertz CT molecular complexity index is 281. The lowest BCUT2D eigenvalue weighted by atomic mass is 9.98. The Morgan fingerprint density at radius 3 is 2.71 bits per heavy atom. The minimum atomic E-state index is -0.196. The summed E-state index contributed by atoms with van der Waals surface area (Å²) >= 11 is 3.28. The van der Waals surface area contributed by atoms with Gasteiger partial charge in [0.2, 0.25) is 0 Å². The highest BCUT2D eigenvalue weighted by molar-refractivity contribution is 9.10. The third-order valence-electron chi connectivity index (χ3n) is 2.21. The first-order chi connectivity index (χ1) is 6.63. The maximum absolute atomic E-state index is 13.0. The average Bonchev–Trinajstić information content (AvgIpc) is 2.12. The Balaban J connectivity index is 2.73. The summed E-state index contributed by atoms with van der Waals surface area (Å²) in [6.45, 7) is 2.77. The van der Waals surface area contributed by atoms with E-state index in [1.54, 1.807) is 13.2 Å². The molecule has 3 heteroatoms. The molecule has 0 aliphatic carbocycles. The molecule has 1 rings (SSSR count). The second-order valence-corrected chi connectivity index (χ2v) is 4.30. The van der Waals surface area contributed by atoms with Gasteiger partial charge in [-0.05, 0) is 36.1 Å². The minimum absolute atomic E-state index is 0.196. The SMILES string of the molecule is COCCC(C)c1cc(F)cc(Br)c1. The highest BCUT2D eigenvalue weighted by Crippen LogP contribution is 2.23. The Morgan fingerprint density at radius 2 is 2.14 bits per heavy atom. The zero-order chi connectivity index (χ0) is 10.6. The van der Waals surface area contributed by atoms with Gasteiger partial charge in [0.05, 0.1) is 0 Å². The fraction of sp³-hybridized carbons (Fsp3) is 0.455. The lowest BCUT2D eigenvalue weighted by Gasteiger charge is -2.11. The van der Waals surface area contributed by atoms with E-state index in [0.29, 0.717) is 12.5 Å². The molecule has 1 aromatic rings. The normalized spacial score (nSPS) is 12.9. The molecular weight excluding hydrogens is 247 g/mol. The van der Waals surface area contributed by atoms with Crippen LogP contribution in [0.5, 0.6) is 0 Å². The maximum Gasteiger partial charge on any atom is 0.124 e. The molecule has 1 atom stereocenters. The van der Waals surface area contributed by atoms with Crippen LogP contribution in [-0.4, -0.2) is 13.7 Å². The van der Waals surface area contributed by atoms with Gasteiger partial charge in [-0.25, -0.2) is 4.39 Å². The molecule has 14 heavy (non-hydrogen) atoms. The molecule has 0 bridgehead atoms. The van der Waals surface area contributed by atoms with Gasteiger partial charge in [-0.2, -0.15) is 0 Å². The van der Waals surface area contributed by atoms with Crippen LogP contribution >= 0.6 is 15.9 Å². The topological polar surface area (TPSA) is 9.23 Å². The number of rotatable bonds is 4. The molecule has 1 aromatic carbocycles. The maximum atomic E-state index is 13.0. The molecule has 0 saturated heterocycles. The van der Waals surface area contributed by atoms with E-state index in [4.69, 9.17) is 4.74 Å². The highest BCUT2D eigenvalue weighted by Gasteiger charge is 2.07. The van der Waals surface area contributed by atoms with Crippen LogP contribution in [0.15, 0.2) is 22.7 Å². The van der Waals surface area contributed by atoms with Gasteiger partial charge >= 0.3 is 0 Å². The summed E-state index contributed by atoms with van der Waals surface area (Å²) in [4.78, 5) is 0. The Hall–Kier alpha value is -0.410. The number of benzene rings is 1. The first kappa shape index (κ1) is 11.7. The van der Waals surface area contributed by atoms with Crippen molar-refractivity contribution in [2.45, 2.75) is 19.3 Å². The van der Waals surface area contributed by atoms with Crippen molar-refractivity contribution in [2.24, 2.45) is 0 Å². The van der Waals surface area contributed by atoms with Gasteiger partial charge in [0.1, 0.15) is 5.82 Å². The fourth-order valence-electron chi connectivity index (χ4n) is 1.32. The molecular formula is C11H14BrFO. The van der Waals surface area contributed by atoms with Gasteiger partial charge < -0.3 is 4.74 Å². The third-order valence-corrected chi connectivity index (χ3v) is 2.67. The molecule has 0 N–H and O–H groups in total. The van der Waals surface area contributed by atoms with Crippen molar-refractivity contribution in [3.63, 3.8) is 0 Å². The standard InChI is InChI=1S/C11H14BrFO/c1-8(3-4-14-2)9-5-10(12)7-11(13)6-9/h5-8H,3-4H2,1-2H3. The first-order valence-corrected chi connectivity index (χ1v) is 5.37. The molecule has 0 heterocycles. The van der Waals surface area contributed by atoms with Crippen LogP contribution in [0.4, 0.5) is 4.39 Å². The smallest absolute Gasteiger partial charge is 0.124 e. The average molecular weight is 261 g/mol. The molecule has 0 amide bonds. The molecule has 1 nitrogen and oxygen atoms in total. The van der Waals surface area contributed by atoms with E-state index in [-0.39, 0.29) is 5.82 Å². The summed E-state index contributed by atoms with van der Waals surface area (Å²) in [7, 11) is 1.67. The van der Waals surface area contributed by atoms with Crippen molar-refractivity contribution < 1.29 is 9.13 Å². The Labute approximate surface area is 92.4 Å². The second-order valence-electron chi connectivity index (χ2n) is 3.39. The summed E-state index contributed by atoms with van der Waals surface area (Å²) in [6, 6.07) is 4.99. The van der Waals surface area contributed by atoms with Crippen molar-refractivity contribution in [1.82, 2.24) is 0 Å². The van der Waals surface area contributed by atoms with E-state index < -0.39 is 0 Å². The van der Waals surface area contributed by atoms with E-state index in [9.17, 15) is 4.39 Å². The Morgan fingerprint density at radius 1 is 1.43 bits per heavy atom. The van der Waals surface area contributed by atoms with E-state index in [1.807, 2.05) is 6.07 Å². The number of halogens is 2. The van der Waals surface area contributed by atoms with Crippen LogP contribution in [0.1, 0.15) is 24.8 Å². The summed E-state index contributed by atoms with van der Waals surface area (Å²) in [6.07, 6.45) is 0.909. The van der Waals surface area contributed by atoms with E-state index in [2.05, 4.69) is 22.9 Å². The third kappa shape index (κ3) is 3.39. The van der Waals surface area contributed by atoms with Crippen molar-refractivity contribution in [2.75, 3.05) is 13.7 Å². The highest BCUT2D eigenvalue weighted by atomic mass is 79.9. The predicted molar refractivity (Wildman–Crippen MR) is 59.0 cm³/mol. The molecule has 0 fully saturated rings. The van der Waals surface area contributed by atoms with Crippen molar-refractivity contribution in [1.29, 1.82) is 0 Å². The summed E-state index contributed by atoms with van der Waals surface area (Å²) in [5, 5.41) is 0. The van der Waals surface area contributed by atoms with Gasteiger partial charge in [-0.3, -0.25) is 0 Å². The Kier molecular flexibility index (Phi) is 4.55. The van der Waals surface area contributed by atoms with Crippen LogP contribution in [-0.2, 0) is 4.74 Å². The lowest BCUT2D eigenvalue weighted by Crippen LogP contribution is -1.99. The summed E-state index contributed by atoms with van der Waals surface area (Å²) in [5.74, 6) is 0.126. The monoisotopic (exact) mass is 260 g/mol. The van der Waals surface area contributed by atoms with Crippen LogP contribution in [0.25, 0.3) is 0 Å². The van der Waals surface area contributed by atoms with Gasteiger partial charge in [0.15, 0.2) is 0 Å². The molecule has 0 saturated carbocycles. The predicted octanol–water partition coefficient (Wildman–Crippen LogP) is 3.73. The van der Waals surface area contributed by atoms with Crippen LogP contribution in [0, 0.1) is 5.82 Å². The van der Waals surface area contributed by atoms with Crippen LogP contribution in [0.3, 0.4) is 0 Å². The largest absolute Gasteiger partial charge is 0.385 e. The van der Waals surface area contributed by atoms with Crippen molar-refractivity contribution in [3.8, 4) is 0 Å². The fourth-order valence-corrected chi connectivity index (χ4v) is 1.80. The van der Waals surface area contributed by atoms with E-state index in [1.165, 1.54) is 6.07 Å². The van der Waals surface area contributed by atoms with E-state index in [0.717, 1.165) is 16.5 Å². The van der Waals surface area contributed by atoms with Crippen molar-refractivity contribution in [3.05, 3.63) is 34.1 Å². The molecule has 78 valence electrons. The van der Waals surface area contributed by atoms with Crippen LogP contribution < -0.4 is 0 Å². The van der Waals surface area contributed by atoms with Gasteiger partial charge in [0, 0.05) is 18.2 Å². The molecule has 0 aliphatic rings. The number of hydrogen-bond acceptors (Lipinski definition) is 1. The quantitative estimate of drug-likeness (QED) is 0.802.